The van der Waals surface area contributed by atoms with E-state index < -0.39 is 23.7 Å². The molecule has 1 aromatic carbocycles. The van der Waals surface area contributed by atoms with E-state index in [1.54, 1.807) is 0 Å². The quantitative estimate of drug-likeness (QED) is 0.833. The summed E-state index contributed by atoms with van der Waals surface area (Å²) in [5.74, 6) is -0.337. The van der Waals surface area contributed by atoms with Crippen molar-refractivity contribution in [2.75, 3.05) is 20.1 Å². The van der Waals surface area contributed by atoms with Gasteiger partial charge in [-0.3, -0.25) is 15.0 Å². The fourth-order valence-corrected chi connectivity index (χ4v) is 2.03. The first-order valence-corrected chi connectivity index (χ1v) is 7.51. The molecular formula is C16H22F3N3O2. The minimum absolute atomic E-state index is 0.0588. The average Bonchev–Trinajstić information content (AvgIpc) is 2.44. The Morgan fingerprint density at radius 3 is 2.42 bits per heavy atom. The van der Waals surface area contributed by atoms with Crippen LogP contribution in [0.4, 0.5) is 18.0 Å². The average molecular weight is 345 g/mol. The Morgan fingerprint density at radius 1 is 1.21 bits per heavy atom. The number of alkyl halides is 3. The Balaban J connectivity index is 2.56. The van der Waals surface area contributed by atoms with Crippen molar-refractivity contribution in [1.82, 2.24) is 15.5 Å². The molecule has 0 radical (unpaired) electrons. The SMILES string of the molecule is CC(C)CNC(=O)NC(=O)CN(C)Cc1ccccc1C(F)(F)F. The summed E-state index contributed by atoms with van der Waals surface area (Å²) in [7, 11) is 1.51. The van der Waals surface area contributed by atoms with Crippen LogP contribution >= 0.6 is 0 Å². The lowest BCUT2D eigenvalue weighted by atomic mass is 10.1. The van der Waals surface area contributed by atoms with E-state index in [0.717, 1.165) is 6.07 Å². The number of benzene rings is 1. The number of nitrogens with one attached hydrogen (secondary N) is 2. The van der Waals surface area contributed by atoms with Gasteiger partial charge in [0.05, 0.1) is 12.1 Å². The van der Waals surface area contributed by atoms with Crippen molar-refractivity contribution < 1.29 is 22.8 Å². The lowest BCUT2D eigenvalue weighted by Crippen LogP contribution is -2.44. The number of halogens is 3. The van der Waals surface area contributed by atoms with E-state index in [2.05, 4.69) is 10.6 Å². The van der Waals surface area contributed by atoms with E-state index in [4.69, 9.17) is 0 Å². The van der Waals surface area contributed by atoms with Gasteiger partial charge in [-0.05, 0) is 24.6 Å². The molecule has 0 saturated carbocycles. The van der Waals surface area contributed by atoms with Crippen molar-refractivity contribution in [3.63, 3.8) is 0 Å². The summed E-state index contributed by atoms with van der Waals surface area (Å²) in [5.41, 5.74) is -0.656. The van der Waals surface area contributed by atoms with Crippen molar-refractivity contribution >= 4 is 11.9 Å². The molecule has 2 N–H and O–H groups in total. The van der Waals surface area contributed by atoms with Gasteiger partial charge in [0, 0.05) is 13.1 Å². The second-order valence-electron chi connectivity index (χ2n) is 5.98. The zero-order valence-corrected chi connectivity index (χ0v) is 13.9. The Kier molecular flexibility index (Phi) is 7.21. The van der Waals surface area contributed by atoms with Gasteiger partial charge >= 0.3 is 12.2 Å². The van der Waals surface area contributed by atoms with Crippen LogP contribution in [-0.2, 0) is 17.5 Å². The van der Waals surface area contributed by atoms with Crippen molar-refractivity contribution in [2.45, 2.75) is 26.6 Å². The third kappa shape index (κ3) is 6.99. The van der Waals surface area contributed by atoms with Crippen molar-refractivity contribution in [1.29, 1.82) is 0 Å². The zero-order chi connectivity index (χ0) is 18.3. The number of carbonyl (C=O) groups is 2. The number of carbonyl (C=O) groups excluding carboxylic acids is 2. The molecule has 8 heteroatoms. The monoisotopic (exact) mass is 345 g/mol. The van der Waals surface area contributed by atoms with E-state index in [1.165, 1.54) is 30.1 Å². The van der Waals surface area contributed by atoms with Gasteiger partial charge in [0.25, 0.3) is 0 Å². The molecule has 0 fully saturated rings. The van der Waals surface area contributed by atoms with Gasteiger partial charge in [0.2, 0.25) is 5.91 Å². The molecule has 0 aliphatic heterocycles. The van der Waals surface area contributed by atoms with Gasteiger partial charge in [-0.15, -0.1) is 0 Å². The van der Waals surface area contributed by atoms with Crippen LogP contribution < -0.4 is 10.6 Å². The molecule has 0 bridgehead atoms. The van der Waals surface area contributed by atoms with Gasteiger partial charge in [-0.2, -0.15) is 13.2 Å². The standard InChI is InChI=1S/C16H22F3N3O2/c1-11(2)8-20-15(24)21-14(23)10-22(3)9-12-6-4-5-7-13(12)16(17,18)19/h4-7,11H,8-10H2,1-3H3,(H2,20,21,23,24). The minimum Gasteiger partial charge on any atom is -0.338 e. The second kappa shape index (κ2) is 8.68. The lowest BCUT2D eigenvalue weighted by molar-refractivity contribution is -0.138. The van der Waals surface area contributed by atoms with Crippen LogP contribution in [0.15, 0.2) is 24.3 Å². The van der Waals surface area contributed by atoms with Gasteiger partial charge in [0.15, 0.2) is 0 Å². The molecule has 5 nitrogen and oxygen atoms in total. The maximum absolute atomic E-state index is 12.9. The number of amides is 3. The molecule has 0 spiro atoms. The number of hydrogen-bond donors (Lipinski definition) is 2. The second-order valence-corrected chi connectivity index (χ2v) is 5.98. The highest BCUT2D eigenvalue weighted by Crippen LogP contribution is 2.32. The summed E-state index contributed by atoms with van der Waals surface area (Å²) in [5, 5.41) is 4.67. The highest BCUT2D eigenvalue weighted by Gasteiger charge is 2.33. The van der Waals surface area contributed by atoms with Crippen LogP contribution in [0.3, 0.4) is 0 Å². The Hall–Kier alpha value is -2.09. The van der Waals surface area contributed by atoms with Crippen LogP contribution in [-0.4, -0.2) is 37.0 Å². The number of nitrogens with zero attached hydrogens (tertiary/aromatic N) is 1. The van der Waals surface area contributed by atoms with Gasteiger partial charge in [-0.1, -0.05) is 32.0 Å². The molecule has 3 amide bonds. The molecular weight excluding hydrogens is 323 g/mol. The van der Waals surface area contributed by atoms with E-state index in [-0.39, 0.29) is 24.6 Å². The number of likely N-dealkylation sites (N-methyl/N-ethyl adjacent to an activating group) is 1. The predicted octanol–water partition coefficient (Wildman–Crippen LogP) is 2.62. The fraction of sp³-hybridized carbons (Fsp3) is 0.500. The normalized spacial score (nSPS) is 11.7. The fourth-order valence-electron chi connectivity index (χ4n) is 2.03. The summed E-state index contributed by atoms with van der Waals surface area (Å²) >= 11 is 0. The summed E-state index contributed by atoms with van der Waals surface area (Å²) in [4.78, 5) is 24.6. The van der Waals surface area contributed by atoms with Crippen LogP contribution in [0.25, 0.3) is 0 Å². The first kappa shape index (κ1) is 20.0. The smallest absolute Gasteiger partial charge is 0.338 e. The molecule has 0 heterocycles. The number of rotatable bonds is 6. The zero-order valence-electron chi connectivity index (χ0n) is 13.9. The number of imide groups is 1. The van der Waals surface area contributed by atoms with Crippen molar-refractivity contribution in [3.05, 3.63) is 35.4 Å². The predicted molar refractivity (Wildman–Crippen MR) is 84.2 cm³/mol. The van der Waals surface area contributed by atoms with Crippen molar-refractivity contribution in [2.24, 2.45) is 5.92 Å². The molecule has 0 saturated heterocycles. The molecule has 0 aromatic heterocycles. The maximum atomic E-state index is 12.9. The van der Waals surface area contributed by atoms with E-state index in [1.807, 2.05) is 13.8 Å². The van der Waals surface area contributed by atoms with E-state index >= 15 is 0 Å². The molecule has 1 aromatic rings. The summed E-state index contributed by atoms with van der Waals surface area (Å²) in [6, 6.07) is 4.59. The molecule has 0 aliphatic carbocycles. The van der Waals surface area contributed by atoms with Gasteiger partial charge < -0.3 is 5.32 Å². The Bertz CT molecular complexity index is 574. The molecule has 0 aliphatic rings. The Morgan fingerprint density at radius 2 is 1.83 bits per heavy atom. The van der Waals surface area contributed by atoms with Gasteiger partial charge in [-0.25, -0.2) is 4.79 Å². The maximum Gasteiger partial charge on any atom is 0.416 e. The van der Waals surface area contributed by atoms with Crippen LogP contribution in [0.5, 0.6) is 0 Å². The third-order valence-corrected chi connectivity index (χ3v) is 3.10. The minimum atomic E-state index is -4.45. The number of hydrogen-bond acceptors (Lipinski definition) is 3. The Labute approximate surface area is 139 Å². The first-order valence-electron chi connectivity index (χ1n) is 7.51. The van der Waals surface area contributed by atoms with Crippen LogP contribution in [0.2, 0.25) is 0 Å². The highest BCUT2D eigenvalue weighted by molar-refractivity contribution is 5.95. The van der Waals surface area contributed by atoms with E-state index in [0.29, 0.717) is 6.54 Å². The lowest BCUT2D eigenvalue weighted by Gasteiger charge is -2.19. The summed E-state index contributed by atoms with van der Waals surface area (Å²) < 4.78 is 38.8. The molecule has 1 rings (SSSR count). The highest BCUT2D eigenvalue weighted by atomic mass is 19.4. The van der Waals surface area contributed by atoms with E-state index in [9.17, 15) is 22.8 Å². The van der Waals surface area contributed by atoms with Crippen molar-refractivity contribution in [3.8, 4) is 0 Å². The summed E-state index contributed by atoms with van der Waals surface area (Å²) in [6.45, 7) is 3.99. The molecule has 0 unspecified atom stereocenters. The topological polar surface area (TPSA) is 61.4 Å². The molecule has 24 heavy (non-hydrogen) atoms. The molecule has 134 valence electrons. The number of urea groups is 1. The van der Waals surface area contributed by atoms with Crippen LogP contribution in [0.1, 0.15) is 25.0 Å². The first-order chi connectivity index (χ1) is 11.1. The third-order valence-electron chi connectivity index (χ3n) is 3.10. The largest absolute Gasteiger partial charge is 0.416 e. The van der Waals surface area contributed by atoms with Gasteiger partial charge in [0.1, 0.15) is 0 Å². The van der Waals surface area contributed by atoms with Crippen LogP contribution in [0, 0.1) is 5.92 Å². The summed E-state index contributed by atoms with van der Waals surface area (Å²) in [6.07, 6.45) is -4.45. The molecule has 0 atom stereocenters.